The third-order valence-electron chi connectivity index (χ3n) is 3.92. The number of hydrogen-bond acceptors (Lipinski definition) is 2. The largest absolute Gasteiger partial charge is 0.467 e. The van der Waals surface area contributed by atoms with Crippen LogP contribution in [0.25, 0.3) is 0 Å². The van der Waals surface area contributed by atoms with E-state index in [0.29, 0.717) is 0 Å². The Morgan fingerprint density at radius 1 is 1.38 bits per heavy atom. The fraction of sp³-hybridized carbons (Fsp3) is 0.438. The van der Waals surface area contributed by atoms with Gasteiger partial charge in [0.15, 0.2) is 5.11 Å². The molecule has 2 aromatic rings. The van der Waals surface area contributed by atoms with Gasteiger partial charge < -0.3 is 19.2 Å². The van der Waals surface area contributed by atoms with Crippen LogP contribution in [0.2, 0.25) is 0 Å². The molecule has 5 heteroatoms. The monoisotopic (exact) mass is 303 g/mol. The normalized spacial score (nSPS) is 17.6. The Morgan fingerprint density at radius 3 is 3.05 bits per heavy atom. The smallest absolute Gasteiger partial charge is 0.169 e. The van der Waals surface area contributed by atoms with E-state index < -0.39 is 0 Å². The summed E-state index contributed by atoms with van der Waals surface area (Å²) in [5.41, 5.74) is 1.23. The summed E-state index contributed by atoms with van der Waals surface area (Å²) >= 11 is 5.61. The van der Waals surface area contributed by atoms with Gasteiger partial charge in [-0.25, -0.2) is 0 Å². The summed E-state index contributed by atoms with van der Waals surface area (Å²) in [4.78, 5) is 2.24. The molecule has 0 aliphatic carbocycles. The molecular formula is C16H21N3OS. The van der Waals surface area contributed by atoms with Gasteiger partial charge in [0.2, 0.25) is 0 Å². The van der Waals surface area contributed by atoms with E-state index >= 15 is 0 Å². The number of hydrogen-bond donors (Lipinski definition) is 1. The summed E-state index contributed by atoms with van der Waals surface area (Å²) < 4.78 is 7.94. The maximum absolute atomic E-state index is 5.66. The van der Waals surface area contributed by atoms with Gasteiger partial charge in [-0.1, -0.05) is 13.3 Å². The number of thiocarbonyl (C=S) groups is 1. The maximum atomic E-state index is 5.66. The quantitative estimate of drug-likeness (QED) is 0.695. The van der Waals surface area contributed by atoms with Crippen LogP contribution in [-0.2, 0) is 6.54 Å². The van der Waals surface area contributed by atoms with Crippen molar-refractivity contribution >= 4 is 17.3 Å². The Hall–Kier alpha value is -1.75. The van der Waals surface area contributed by atoms with Crippen LogP contribution in [0.3, 0.4) is 0 Å². The lowest BCUT2D eigenvalue weighted by Gasteiger charge is -2.37. The first kappa shape index (κ1) is 14.2. The minimum absolute atomic E-state index is 0.0605. The molecule has 0 aromatic carbocycles. The number of fused-ring (bicyclic) bond motifs is 1. The number of furan rings is 1. The van der Waals surface area contributed by atoms with Crippen LogP contribution in [0.1, 0.15) is 37.3 Å². The predicted molar refractivity (Wildman–Crippen MR) is 87.2 cm³/mol. The Kier molecular flexibility index (Phi) is 4.29. The van der Waals surface area contributed by atoms with E-state index in [4.69, 9.17) is 16.6 Å². The average Bonchev–Trinajstić information content (AvgIpc) is 3.17. The zero-order valence-electron chi connectivity index (χ0n) is 12.3. The molecular weight excluding hydrogens is 282 g/mol. The van der Waals surface area contributed by atoms with E-state index in [0.717, 1.165) is 36.9 Å². The summed E-state index contributed by atoms with van der Waals surface area (Å²) in [6, 6.07) is 8.25. The summed E-state index contributed by atoms with van der Waals surface area (Å²) in [5, 5.41) is 4.19. The zero-order chi connectivity index (χ0) is 14.7. The van der Waals surface area contributed by atoms with Gasteiger partial charge in [0.1, 0.15) is 11.8 Å². The molecule has 0 spiro atoms. The fourth-order valence-corrected chi connectivity index (χ4v) is 3.12. The van der Waals surface area contributed by atoms with E-state index in [1.165, 1.54) is 12.1 Å². The van der Waals surface area contributed by atoms with E-state index in [2.05, 4.69) is 40.0 Å². The van der Waals surface area contributed by atoms with Gasteiger partial charge in [0, 0.05) is 31.5 Å². The first-order valence-electron chi connectivity index (χ1n) is 7.54. The van der Waals surface area contributed by atoms with Crippen molar-refractivity contribution in [3.63, 3.8) is 0 Å². The number of nitrogens with zero attached hydrogens (tertiary/aromatic N) is 2. The lowest BCUT2D eigenvalue weighted by atomic mass is 10.1. The van der Waals surface area contributed by atoms with Crippen molar-refractivity contribution < 1.29 is 4.42 Å². The molecule has 0 amide bonds. The molecule has 4 nitrogen and oxygen atoms in total. The molecule has 1 aliphatic heterocycles. The number of rotatable bonds is 4. The first-order valence-corrected chi connectivity index (χ1v) is 7.95. The number of aromatic nitrogens is 1. The van der Waals surface area contributed by atoms with Crippen LogP contribution in [-0.4, -0.2) is 27.7 Å². The van der Waals surface area contributed by atoms with Crippen LogP contribution in [0, 0.1) is 0 Å². The highest BCUT2D eigenvalue weighted by atomic mass is 32.1. The van der Waals surface area contributed by atoms with Crippen molar-refractivity contribution in [3.8, 4) is 0 Å². The zero-order valence-corrected chi connectivity index (χ0v) is 13.1. The van der Waals surface area contributed by atoms with Crippen LogP contribution in [0.5, 0.6) is 0 Å². The Balaban J connectivity index is 1.84. The lowest BCUT2D eigenvalue weighted by molar-refractivity contribution is 0.255. The topological polar surface area (TPSA) is 33.3 Å². The van der Waals surface area contributed by atoms with E-state index in [9.17, 15) is 0 Å². The Bertz CT molecular complexity index is 590. The second kappa shape index (κ2) is 6.35. The first-order chi connectivity index (χ1) is 10.3. The van der Waals surface area contributed by atoms with Gasteiger partial charge in [0.05, 0.1) is 6.26 Å². The minimum atomic E-state index is 0.0605. The van der Waals surface area contributed by atoms with E-state index in [1.807, 2.05) is 12.1 Å². The van der Waals surface area contributed by atoms with Crippen molar-refractivity contribution in [2.75, 3.05) is 13.1 Å². The second-order valence-electron chi connectivity index (χ2n) is 5.32. The molecule has 0 radical (unpaired) electrons. The van der Waals surface area contributed by atoms with Crippen LogP contribution in [0.15, 0.2) is 41.1 Å². The van der Waals surface area contributed by atoms with Crippen LogP contribution < -0.4 is 5.32 Å². The highest BCUT2D eigenvalue weighted by molar-refractivity contribution is 7.80. The van der Waals surface area contributed by atoms with Gasteiger partial charge in [-0.05, 0) is 42.9 Å². The maximum Gasteiger partial charge on any atom is 0.169 e. The van der Waals surface area contributed by atoms with Gasteiger partial charge in [0.25, 0.3) is 0 Å². The SMILES string of the molecule is CCCCNC(=S)N1CCn2cccc2C1c1ccco1. The van der Waals surface area contributed by atoms with Gasteiger partial charge in [-0.2, -0.15) is 0 Å². The molecule has 21 heavy (non-hydrogen) atoms. The molecule has 3 heterocycles. The molecule has 3 rings (SSSR count). The number of unbranched alkanes of at least 4 members (excludes halogenated alkanes) is 1. The number of nitrogens with one attached hydrogen (secondary N) is 1. The third kappa shape index (κ3) is 2.83. The van der Waals surface area contributed by atoms with Crippen LogP contribution >= 0.6 is 12.2 Å². The third-order valence-corrected chi connectivity index (χ3v) is 4.30. The lowest BCUT2D eigenvalue weighted by Crippen LogP contribution is -2.47. The highest BCUT2D eigenvalue weighted by Crippen LogP contribution is 2.32. The van der Waals surface area contributed by atoms with Gasteiger partial charge >= 0.3 is 0 Å². The van der Waals surface area contributed by atoms with Crippen molar-refractivity contribution in [2.45, 2.75) is 32.4 Å². The van der Waals surface area contributed by atoms with E-state index in [1.54, 1.807) is 6.26 Å². The summed E-state index contributed by atoms with van der Waals surface area (Å²) in [6.45, 7) is 4.96. The Labute approximate surface area is 130 Å². The molecule has 2 aromatic heterocycles. The molecule has 0 saturated heterocycles. The summed E-state index contributed by atoms with van der Waals surface area (Å²) in [6.07, 6.45) is 6.15. The molecule has 1 aliphatic rings. The Morgan fingerprint density at radius 2 is 2.29 bits per heavy atom. The molecule has 1 N–H and O–H groups in total. The molecule has 1 atom stereocenters. The second-order valence-corrected chi connectivity index (χ2v) is 5.71. The molecule has 0 saturated carbocycles. The minimum Gasteiger partial charge on any atom is -0.467 e. The van der Waals surface area contributed by atoms with Crippen molar-refractivity contribution in [1.82, 2.24) is 14.8 Å². The van der Waals surface area contributed by atoms with Crippen molar-refractivity contribution in [3.05, 3.63) is 48.2 Å². The van der Waals surface area contributed by atoms with Gasteiger partial charge in [-0.3, -0.25) is 0 Å². The standard InChI is InChI=1S/C16H21N3OS/c1-2-3-8-17-16(21)19-11-10-18-9-4-6-13(18)15(19)14-7-5-12-20-14/h4-7,9,12,15H,2-3,8,10-11H2,1H3,(H,17,21). The van der Waals surface area contributed by atoms with Crippen molar-refractivity contribution in [2.24, 2.45) is 0 Å². The van der Waals surface area contributed by atoms with Crippen molar-refractivity contribution in [1.29, 1.82) is 0 Å². The fourth-order valence-electron chi connectivity index (χ4n) is 2.82. The molecule has 1 unspecified atom stereocenters. The van der Waals surface area contributed by atoms with E-state index in [-0.39, 0.29) is 6.04 Å². The molecule has 112 valence electrons. The highest BCUT2D eigenvalue weighted by Gasteiger charge is 2.32. The van der Waals surface area contributed by atoms with Crippen LogP contribution in [0.4, 0.5) is 0 Å². The van der Waals surface area contributed by atoms with Gasteiger partial charge in [-0.15, -0.1) is 0 Å². The summed E-state index contributed by atoms with van der Waals surface area (Å²) in [7, 11) is 0. The predicted octanol–water partition coefficient (Wildman–Crippen LogP) is 3.16. The summed E-state index contributed by atoms with van der Waals surface area (Å²) in [5.74, 6) is 0.939. The molecule has 0 bridgehead atoms. The average molecular weight is 303 g/mol. The molecule has 0 fully saturated rings.